The molecule has 0 unspecified atom stereocenters. The fourth-order valence-corrected chi connectivity index (χ4v) is 2.39. The summed E-state index contributed by atoms with van der Waals surface area (Å²) in [5.74, 6) is 0.986. The topological polar surface area (TPSA) is 24.9 Å². The highest BCUT2D eigenvalue weighted by Crippen LogP contribution is 2.27. The average molecular weight is 293 g/mol. The third kappa shape index (κ3) is 2.97. The minimum absolute atomic E-state index is 0.986. The number of fused-ring (bicyclic) bond motifs is 1. The van der Waals surface area contributed by atoms with Gasteiger partial charge in [-0.3, -0.25) is 0 Å². The molecule has 17 heavy (non-hydrogen) atoms. The van der Waals surface area contributed by atoms with E-state index in [4.69, 9.17) is 0 Å². The molecule has 0 aliphatic carbocycles. The predicted octanol–water partition coefficient (Wildman–Crippen LogP) is 4.60. The smallest absolute Gasteiger partial charge is 0.133 e. The fourth-order valence-electron chi connectivity index (χ4n) is 1.89. The molecule has 0 aliphatic heterocycles. The molecule has 0 amide bonds. The number of rotatable bonds is 5. The Balaban J connectivity index is 2.19. The van der Waals surface area contributed by atoms with Crippen molar-refractivity contribution in [1.82, 2.24) is 4.98 Å². The number of benzene rings is 1. The molecule has 0 radical (unpaired) electrons. The van der Waals surface area contributed by atoms with Gasteiger partial charge in [-0.1, -0.05) is 47.8 Å². The number of hydrogen-bond acceptors (Lipinski definition) is 2. The summed E-state index contributed by atoms with van der Waals surface area (Å²) in [6, 6.07) is 8.25. The first-order chi connectivity index (χ1) is 8.33. The van der Waals surface area contributed by atoms with Crippen LogP contribution in [0.5, 0.6) is 0 Å². The van der Waals surface area contributed by atoms with Crippen LogP contribution in [0.25, 0.3) is 10.8 Å². The molecule has 0 bridgehead atoms. The predicted molar refractivity (Wildman–Crippen MR) is 77.5 cm³/mol. The highest BCUT2D eigenvalue weighted by molar-refractivity contribution is 9.10. The van der Waals surface area contributed by atoms with E-state index < -0.39 is 0 Å². The Hall–Kier alpha value is -1.09. The van der Waals surface area contributed by atoms with Crippen LogP contribution in [0.2, 0.25) is 0 Å². The summed E-state index contributed by atoms with van der Waals surface area (Å²) in [6.07, 6.45) is 5.56. The molecule has 0 saturated heterocycles. The molecule has 2 nitrogen and oxygen atoms in total. The highest BCUT2D eigenvalue weighted by atomic mass is 79.9. The standard InChI is InChI=1S/C14H17BrN2/c1-2-3-4-9-16-14-12-6-5-7-13(15)11(12)8-10-17-14/h5-8,10H,2-4,9H2,1H3,(H,16,17). The van der Waals surface area contributed by atoms with Gasteiger partial charge in [0.05, 0.1) is 0 Å². The Morgan fingerprint density at radius 2 is 2.06 bits per heavy atom. The average Bonchev–Trinajstić information content (AvgIpc) is 2.36. The van der Waals surface area contributed by atoms with Crippen molar-refractivity contribution in [2.45, 2.75) is 26.2 Å². The van der Waals surface area contributed by atoms with E-state index in [2.05, 4.69) is 45.3 Å². The lowest BCUT2D eigenvalue weighted by atomic mass is 10.1. The number of nitrogens with one attached hydrogen (secondary N) is 1. The number of halogens is 1. The molecule has 0 fully saturated rings. The second-order valence-electron chi connectivity index (χ2n) is 4.13. The van der Waals surface area contributed by atoms with Crippen molar-refractivity contribution in [3.8, 4) is 0 Å². The summed E-state index contributed by atoms with van der Waals surface area (Å²) in [7, 11) is 0. The Labute approximate surface area is 111 Å². The first kappa shape index (κ1) is 12.4. The van der Waals surface area contributed by atoms with Crippen molar-refractivity contribution in [3.05, 3.63) is 34.9 Å². The Morgan fingerprint density at radius 1 is 1.18 bits per heavy atom. The minimum Gasteiger partial charge on any atom is -0.370 e. The van der Waals surface area contributed by atoms with E-state index in [9.17, 15) is 0 Å². The van der Waals surface area contributed by atoms with Crippen molar-refractivity contribution in [2.75, 3.05) is 11.9 Å². The van der Waals surface area contributed by atoms with Crippen LogP contribution in [0.1, 0.15) is 26.2 Å². The maximum Gasteiger partial charge on any atom is 0.133 e. The third-order valence-corrected chi connectivity index (χ3v) is 3.52. The maximum atomic E-state index is 4.41. The summed E-state index contributed by atoms with van der Waals surface area (Å²) in [5.41, 5.74) is 0. The molecule has 2 rings (SSSR count). The van der Waals surface area contributed by atoms with Crippen LogP contribution in [0, 0.1) is 0 Å². The summed E-state index contributed by atoms with van der Waals surface area (Å²) in [6.45, 7) is 3.21. The second-order valence-corrected chi connectivity index (χ2v) is 4.98. The maximum absolute atomic E-state index is 4.41. The number of nitrogens with zero attached hydrogens (tertiary/aromatic N) is 1. The van der Waals surface area contributed by atoms with Crippen LogP contribution < -0.4 is 5.32 Å². The minimum atomic E-state index is 0.986. The lowest BCUT2D eigenvalue weighted by Crippen LogP contribution is -2.03. The third-order valence-electron chi connectivity index (χ3n) is 2.83. The van der Waals surface area contributed by atoms with Gasteiger partial charge in [0.25, 0.3) is 0 Å². The summed E-state index contributed by atoms with van der Waals surface area (Å²) in [4.78, 5) is 4.41. The Morgan fingerprint density at radius 3 is 2.88 bits per heavy atom. The van der Waals surface area contributed by atoms with Gasteiger partial charge in [0, 0.05) is 28.0 Å². The van der Waals surface area contributed by atoms with Gasteiger partial charge < -0.3 is 5.32 Å². The number of anilines is 1. The van der Waals surface area contributed by atoms with Gasteiger partial charge in [-0.2, -0.15) is 0 Å². The van der Waals surface area contributed by atoms with Gasteiger partial charge in [-0.05, 0) is 18.6 Å². The normalized spacial score (nSPS) is 10.7. The first-order valence-corrected chi connectivity index (χ1v) is 6.89. The summed E-state index contributed by atoms with van der Waals surface area (Å²) >= 11 is 3.57. The molecular weight excluding hydrogens is 276 g/mol. The molecule has 1 heterocycles. The van der Waals surface area contributed by atoms with Crippen molar-refractivity contribution in [2.24, 2.45) is 0 Å². The zero-order chi connectivity index (χ0) is 12.1. The largest absolute Gasteiger partial charge is 0.370 e. The first-order valence-electron chi connectivity index (χ1n) is 6.10. The highest BCUT2D eigenvalue weighted by Gasteiger charge is 2.03. The molecule has 0 spiro atoms. The molecule has 90 valence electrons. The number of aromatic nitrogens is 1. The van der Waals surface area contributed by atoms with E-state index in [-0.39, 0.29) is 0 Å². The zero-order valence-corrected chi connectivity index (χ0v) is 11.6. The SMILES string of the molecule is CCCCCNc1nccc2c(Br)cccc12. The number of pyridine rings is 1. The van der Waals surface area contributed by atoms with Crippen molar-refractivity contribution in [3.63, 3.8) is 0 Å². The van der Waals surface area contributed by atoms with E-state index >= 15 is 0 Å². The van der Waals surface area contributed by atoms with Crippen LogP contribution in [0.4, 0.5) is 5.82 Å². The van der Waals surface area contributed by atoms with Gasteiger partial charge in [-0.25, -0.2) is 4.98 Å². The van der Waals surface area contributed by atoms with E-state index in [0.717, 1.165) is 16.8 Å². The van der Waals surface area contributed by atoms with Crippen LogP contribution in [0.3, 0.4) is 0 Å². The van der Waals surface area contributed by atoms with E-state index in [1.54, 1.807) is 0 Å². The molecule has 0 saturated carbocycles. The molecular formula is C14H17BrN2. The van der Waals surface area contributed by atoms with Crippen LogP contribution >= 0.6 is 15.9 Å². The van der Waals surface area contributed by atoms with Gasteiger partial charge in [0.1, 0.15) is 5.82 Å². The van der Waals surface area contributed by atoms with E-state index in [1.165, 1.54) is 30.0 Å². The lowest BCUT2D eigenvalue weighted by molar-refractivity contribution is 0.743. The van der Waals surface area contributed by atoms with Gasteiger partial charge in [0.15, 0.2) is 0 Å². The van der Waals surface area contributed by atoms with Crippen LogP contribution in [-0.2, 0) is 0 Å². The van der Waals surface area contributed by atoms with Crippen molar-refractivity contribution in [1.29, 1.82) is 0 Å². The zero-order valence-electron chi connectivity index (χ0n) is 10.0. The van der Waals surface area contributed by atoms with Crippen LogP contribution in [0.15, 0.2) is 34.9 Å². The molecule has 0 atom stereocenters. The summed E-state index contributed by atoms with van der Waals surface area (Å²) < 4.78 is 1.12. The molecule has 1 N–H and O–H groups in total. The summed E-state index contributed by atoms with van der Waals surface area (Å²) in [5, 5.41) is 5.81. The monoisotopic (exact) mass is 292 g/mol. The second kappa shape index (κ2) is 6.01. The quantitative estimate of drug-likeness (QED) is 0.815. The molecule has 1 aromatic carbocycles. The molecule has 1 aromatic heterocycles. The number of unbranched alkanes of at least 4 members (excludes halogenated alkanes) is 2. The Bertz CT molecular complexity index is 497. The van der Waals surface area contributed by atoms with E-state index in [1.807, 2.05) is 18.3 Å². The Kier molecular flexibility index (Phi) is 4.37. The van der Waals surface area contributed by atoms with Crippen molar-refractivity contribution < 1.29 is 0 Å². The molecule has 3 heteroatoms. The lowest BCUT2D eigenvalue weighted by Gasteiger charge is -2.09. The fraction of sp³-hybridized carbons (Fsp3) is 0.357. The molecule has 0 aliphatic rings. The number of hydrogen-bond donors (Lipinski definition) is 1. The van der Waals surface area contributed by atoms with E-state index in [0.29, 0.717) is 0 Å². The molecule has 2 aromatic rings. The van der Waals surface area contributed by atoms with Crippen molar-refractivity contribution >= 4 is 32.5 Å². The van der Waals surface area contributed by atoms with Gasteiger partial charge in [-0.15, -0.1) is 0 Å². The van der Waals surface area contributed by atoms with Gasteiger partial charge >= 0.3 is 0 Å². The van der Waals surface area contributed by atoms with Gasteiger partial charge in [0.2, 0.25) is 0 Å². The van der Waals surface area contributed by atoms with Crippen LogP contribution in [-0.4, -0.2) is 11.5 Å².